The van der Waals surface area contributed by atoms with Crippen molar-refractivity contribution in [1.82, 2.24) is 10.2 Å². The van der Waals surface area contributed by atoms with Crippen LogP contribution in [0.1, 0.15) is 12.8 Å². The first-order chi connectivity index (χ1) is 5.70. The maximum Gasteiger partial charge on any atom is 0.270 e. The molecule has 1 atom stereocenters. The van der Waals surface area contributed by atoms with Crippen molar-refractivity contribution in [2.75, 3.05) is 6.54 Å². The Kier molecular flexibility index (Phi) is 1.43. The van der Waals surface area contributed by atoms with Crippen molar-refractivity contribution >= 4 is 11.8 Å². The maximum atomic E-state index is 11.4. The van der Waals surface area contributed by atoms with Gasteiger partial charge in [0.05, 0.1) is 5.70 Å². The minimum absolute atomic E-state index is 0.0860. The fourth-order valence-electron chi connectivity index (χ4n) is 1.74. The smallest absolute Gasteiger partial charge is 0.270 e. The third-order valence-electron chi connectivity index (χ3n) is 2.35. The van der Waals surface area contributed by atoms with E-state index in [4.69, 9.17) is 0 Å². The zero-order valence-corrected chi connectivity index (χ0v) is 6.67. The number of nitrogens with zero attached hydrogens (tertiary/aromatic N) is 1. The molecule has 2 heterocycles. The molecular formula is C8H10N2O2. The van der Waals surface area contributed by atoms with Crippen LogP contribution in [-0.4, -0.2) is 29.3 Å². The van der Waals surface area contributed by atoms with E-state index in [9.17, 15) is 9.59 Å². The monoisotopic (exact) mass is 166 g/mol. The van der Waals surface area contributed by atoms with Crippen molar-refractivity contribution in [3.8, 4) is 0 Å². The summed E-state index contributed by atoms with van der Waals surface area (Å²) in [7, 11) is 0. The largest absolute Gasteiger partial charge is 0.325 e. The van der Waals surface area contributed by atoms with Gasteiger partial charge in [-0.05, 0) is 12.8 Å². The molecule has 0 aliphatic carbocycles. The Morgan fingerprint density at radius 2 is 2.25 bits per heavy atom. The number of amides is 2. The standard InChI is InChI=1S/C8H10N2O2/c1-5-8(12)10-4-2-3-6(10)7(11)9-5/h6H,1-4H2,(H,9,11)/t6-/m0/s1. The number of hydrogen-bond acceptors (Lipinski definition) is 2. The third-order valence-corrected chi connectivity index (χ3v) is 2.35. The summed E-state index contributed by atoms with van der Waals surface area (Å²) in [6.45, 7) is 4.17. The van der Waals surface area contributed by atoms with Gasteiger partial charge in [-0.1, -0.05) is 6.58 Å². The van der Waals surface area contributed by atoms with Gasteiger partial charge in [-0.2, -0.15) is 0 Å². The van der Waals surface area contributed by atoms with E-state index in [-0.39, 0.29) is 23.6 Å². The van der Waals surface area contributed by atoms with Crippen LogP contribution in [0.4, 0.5) is 0 Å². The van der Waals surface area contributed by atoms with E-state index in [1.165, 1.54) is 0 Å². The van der Waals surface area contributed by atoms with Crippen LogP contribution < -0.4 is 5.32 Å². The predicted octanol–water partition coefficient (Wildman–Crippen LogP) is -0.379. The molecule has 2 rings (SSSR count). The second-order valence-electron chi connectivity index (χ2n) is 3.12. The van der Waals surface area contributed by atoms with Gasteiger partial charge in [0.2, 0.25) is 5.91 Å². The molecule has 64 valence electrons. The molecule has 0 unspecified atom stereocenters. The minimum Gasteiger partial charge on any atom is -0.325 e. The zero-order valence-electron chi connectivity index (χ0n) is 6.67. The topological polar surface area (TPSA) is 49.4 Å². The average molecular weight is 166 g/mol. The number of hydrogen-bond donors (Lipinski definition) is 1. The lowest BCUT2D eigenvalue weighted by Crippen LogP contribution is -2.53. The molecule has 2 aliphatic rings. The number of nitrogens with one attached hydrogen (secondary N) is 1. The summed E-state index contributed by atoms with van der Waals surface area (Å²) >= 11 is 0. The van der Waals surface area contributed by atoms with Crippen molar-refractivity contribution in [3.05, 3.63) is 12.3 Å². The van der Waals surface area contributed by atoms with Gasteiger partial charge in [-0.25, -0.2) is 0 Å². The number of fused-ring (bicyclic) bond motifs is 1. The molecule has 2 fully saturated rings. The Labute approximate surface area is 70.2 Å². The highest BCUT2D eigenvalue weighted by Crippen LogP contribution is 2.22. The molecule has 1 N–H and O–H groups in total. The molecule has 0 spiro atoms. The van der Waals surface area contributed by atoms with Crippen molar-refractivity contribution in [2.24, 2.45) is 0 Å². The Hall–Kier alpha value is -1.32. The van der Waals surface area contributed by atoms with Gasteiger partial charge in [0.15, 0.2) is 0 Å². The second kappa shape index (κ2) is 2.33. The summed E-state index contributed by atoms with van der Waals surface area (Å²) in [6, 6.07) is -0.233. The van der Waals surface area contributed by atoms with Gasteiger partial charge < -0.3 is 10.2 Å². The molecule has 0 saturated carbocycles. The van der Waals surface area contributed by atoms with Crippen molar-refractivity contribution in [2.45, 2.75) is 18.9 Å². The summed E-state index contributed by atoms with van der Waals surface area (Å²) in [5.41, 5.74) is 0.207. The van der Waals surface area contributed by atoms with Crippen molar-refractivity contribution in [3.63, 3.8) is 0 Å². The number of carbonyl (C=O) groups excluding carboxylic acids is 2. The molecule has 2 aliphatic heterocycles. The van der Waals surface area contributed by atoms with E-state index in [0.29, 0.717) is 6.54 Å². The van der Waals surface area contributed by atoms with Crippen LogP contribution in [0.5, 0.6) is 0 Å². The molecule has 0 radical (unpaired) electrons. The molecule has 2 amide bonds. The molecule has 0 aromatic heterocycles. The molecular weight excluding hydrogens is 156 g/mol. The van der Waals surface area contributed by atoms with E-state index < -0.39 is 0 Å². The van der Waals surface area contributed by atoms with Crippen molar-refractivity contribution < 1.29 is 9.59 Å². The van der Waals surface area contributed by atoms with Crippen LogP contribution in [-0.2, 0) is 9.59 Å². The summed E-state index contributed by atoms with van der Waals surface area (Å²) in [5.74, 6) is -0.214. The Balaban J connectivity index is 2.29. The minimum atomic E-state index is -0.233. The lowest BCUT2D eigenvalue weighted by atomic mass is 10.1. The van der Waals surface area contributed by atoms with Crippen LogP contribution in [0.3, 0.4) is 0 Å². The third kappa shape index (κ3) is 0.841. The normalized spacial score (nSPS) is 28.8. The van der Waals surface area contributed by atoms with Gasteiger partial charge in [0, 0.05) is 6.54 Å². The van der Waals surface area contributed by atoms with E-state index >= 15 is 0 Å². The SMILES string of the molecule is C=C1NC(=O)[C@@H]2CCCN2C1=O. The summed E-state index contributed by atoms with van der Waals surface area (Å²) < 4.78 is 0. The second-order valence-corrected chi connectivity index (χ2v) is 3.12. The van der Waals surface area contributed by atoms with E-state index in [1.807, 2.05) is 0 Å². The quantitative estimate of drug-likeness (QED) is 0.499. The van der Waals surface area contributed by atoms with Gasteiger partial charge in [-0.15, -0.1) is 0 Å². The first kappa shape index (κ1) is 7.34. The molecule has 2 saturated heterocycles. The summed E-state index contributed by atoms with van der Waals surface area (Å²) in [6.07, 6.45) is 1.70. The van der Waals surface area contributed by atoms with Crippen LogP contribution in [0, 0.1) is 0 Å². The first-order valence-electron chi connectivity index (χ1n) is 4.01. The molecule has 0 aromatic rings. The van der Waals surface area contributed by atoms with Crippen LogP contribution in [0.15, 0.2) is 12.3 Å². The molecule has 4 nitrogen and oxygen atoms in total. The molecule has 0 aromatic carbocycles. The Morgan fingerprint density at radius 1 is 1.50 bits per heavy atom. The zero-order chi connectivity index (χ0) is 8.72. The van der Waals surface area contributed by atoms with Gasteiger partial charge in [0.1, 0.15) is 6.04 Å². The van der Waals surface area contributed by atoms with E-state index in [0.717, 1.165) is 12.8 Å². The fraction of sp³-hybridized carbons (Fsp3) is 0.500. The predicted molar refractivity (Wildman–Crippen MR) is 42.0 cm³/mol. The average Bonchev–Trinajstić information content (AvgIpc) is 2.48. The van der Waals surface area contributed by atoms with Crippen molar-refractivity contribution in [1.29, 1.82) is 0 Å². The number of rotatable bonds is 0. The molecule has 12 heavy (non-hydrogen) atoms. The summed E-state index contributed by atoms with van der Waals surface area (Å²) in [4.78, 5) is 24.2. The van der Waals surface area contributed by atoms with Gasteiger partial charge in [-0.3, -0.25) is 9.59 Å². The number of piperazine rings is 1. The Bertz CT molecular complexity index is 272. The molecule has 0 bridgehead atoms. The first-order valence-corrected chi connectivity index (χ1v) is 4.01. The Morgan fingerprint density at radius 3 is 3.00 bits per heavy atom. The maximum absolute atomic E-state index is 11.4. The summed E-state index contributed by atoms with van der Waals surface area (Å²) in [5, 5.41) is 2.48. The molecule has 4 heteroatoms. The van der Waals surface area contributed by atoms with Gasteiger partial charge >= 0.3 is 0 Å². The highest BCUT2D eigenvalue weighted by atomic mass is 16.2. The van der Waals surface area contributed by atoms with E-state index in [2.05, 4.69) is 11.9 Å². The van der Waals surface area contributed by atoms with Crippen LogP contribution in [0.2, 0.25) is 0 Å². The lowest BCUT2D eigenvalue weighted by molar-refractivity contribution is -0.140. The fourth-order valence-corrected chi connectivity index (χ4v) is 1.74. The number of carbonyl (C=O) groups is 2. The van der Waals surface area contributed by atoms with Gasteiger partial charge in [0.25, 0.3) is 5.91 Å². The van der Waals surface area contributed by atoms with Crippen LogP contribution in [0.25, 0.3) is 0 Å². The van der Waals surface area contributed by atoms with Crippen LogP contribution >= 0.6 is 0 Å². The lowest BCUT2D eigenvalue weighted by Gasteiger charge is -2.29. The highest BCUT2D eigenvalue weighted by molar-refractivity contribution is 6.04. The highest BCUT2D eigenvalue weighted by Gasteiger charge is 2.39. The van der Waals surface area contributed by atoms with E-state index in [1.54, 1.807) is 4.90 Å².